The van der Waals surface area contributed by atoms with Gasteiger partial charge in [-0.3, -0.25) is 0 Å². The third-order valence-corrected chi connectivity index (χ3v) is 5.45. The number of hydrogen-bond donors (Lipinski definition) is 2. The van der Waals surface area contributed by atoms with Crippen LogP contribution in [0.5, 0.6) is 0 Å². The summed E-state index contributed by atoms with van der Waals surface area (Å²) in [7, 11) is 0. The van der Waals surface area contributed by atoms with Crippen LogP contribution in [0.25, 0.3) is 11.2 Å². The van der Waals surface area contributed by atoms with Gasteiger partial charge < -0.3 is 10.3 Å². The van der Waals surface area contributed by atoms with Gasteiger partial charge in [-0.15, -0.1) is 0 Å². The van der Waals surface area contributed by atoms with Crippen LogP contribution in [0, 0.1) is 0 Å². The van der Waals surface area contributed by atoms with Gasteiger partial charge in [-0.1, -0.05) is 0 Å². The number of aromatic amines is 1. The molecule has 0 aliphatic carbocycles. The van der Waals surface area contributed by atoms with E-state index in [1.54, 1.807) is 12.7 Å². The minimum absolute atomic E-state index is 0.668. The van der Waals surface area contributed by atoms with Crippen LogP contribution in [-0.4, -0.2) is 49.0 Å². The second-order valence-corrected chi connectivity index (χ2v) is 6.33. The average molecular weight is 267 g/mol. The van der Waals surface area contributed by atoms with Crippen LogP contribution < -0.4 is 5.32 Å². The van der Waals surface area contributed by atoms with Crippen molar-refractivity contribution >= 4 is 40.5 Å². The lowest BCUT2D eigenvalue weighted by molar-refractivity contribution is 0.992. The lowest BCUT2D eigenvalue weighted by atomic mass is 10.4. The number of thioether (sulfide) groups is 2. The van der Waals surface area contributed by atoms with Gasteiger partial charge in [0.15, 0.2) is 11.5 Å². The molecule has 0 saturated carbocycles. The molecule has 3 rings (SSSR count). The van der Waals surface area contributed by atoms with E-state index in [0.29, 0.717) is 10.9 Å². The molecule has 3 heterocycles. The van der Waals surface area contributed by atoms with E-state index >= 15 is 0 Å². The Kier molecular flexibility index (Phi) is 3.37. The number of imidazole rings is 1. The molecule has 1 aliphatic rings. The van der Waals surface area contributed by atoms with Crippen LogP contribution in [0.15, 0.2) is 12.7 Å². The molecule has 2 aromatic rings. The molecule has 90 valence electrons. The highest BCUT2D eigenvalue weighted by Crippen LogP contribution is 2.24. The summed E-state index contributed by atoms with van der Waals surface area (Å²) in [5.74, 6) is 4.60. The fraction of sp³-hybridized carbons (Fsp3) is 0.500. The van der Waals surface area contributed by atoms with Crippen molar-refractivity contribution < 1.29 is 0 Å². The van der Waals surface area contributed by atoms with Crippen LogP contribution in [0.2, 0.25) is 0 Å². The first-order chi connectivity index (χ1) is 8.43. The minimum atomic E-state index is 0.668. The van der Waals surface area contributed by atoms with Crippen molar-refractivity contribution in [1.82, 2.24) is 19.9 Å². The first-order valence-electron chi connectivity index (χ1n) is 5.51. The maximum absolute atomic E-state index is 4.25. The summed E-state index contributed by atoms with van der Waals surface area (Å²) in [5.41, 5.74) is 1.61. The van der Waals surface area contributed by atoms with Crippen LogP contribution in [0.4, 0.5) is 5.82 Å². The normalized spacial score (nSPS) is 20.6. The molecule has 1 saturated heterocycles. The number of fused-ring (bicyclic) bond motifs is 1. The van der Waals surface area contributed by atoms with Crippen molar-refractivity contribution in [2.75, 3.05) is 29.1 Å². The van der Waals surface area contributed by atoms with E-state index in [0.717, 1.165) is 17.9 Å². The van der Waals surface area contributed by atoms with Gasteiger partial charge >= 0.3 is 0 Å². The van der Waals surface area contributed by atoms with E-state index in [-0.39, 0.29) is 0 Å². The Bertz CT molecular complexity index is 494. The molecule has 1 fully saturated rings. The third kappa shape index (κ3) is 2.50. The summed E-state index contributed by atoms with van der Waals surface area (Å²) in [5, 5.41) is 4.06. The Morgan fingerprint density at radius 2 is 2.35 bits per heavy atom. The summed E-state index contributed by atoms with van der Waals surface area (Å²) >= 11 is 4.07. The number of rotatable bonds is 3. The van der Waals surface area contributed by atoms with Gasteiger partial charge in [-0.05, 0) is 0 Å². The quantitative estimate of drug-likeness (QED) is 0.881. The van der Waals surface area contributed by atoms with E-state index in [1.807, 2.05) is 23.5 Å². The SMILES string of the molecule is c1nc(NCC2CSCCS2)c2[nH]cnc2n1. The number of aromatic nitrogens is 4. The number of H-pyrrole nitrogens is 1. The van der Waals surface area contributed by atoms with Crippen molar-refractivity contribution in [2.24, 2.45) is 0 Å². The van der Waals surface area contributed by atoms with Gasteiger partial charge in [-0.2, -0.15) is 23.5 Å². The molecule has 0 spiro atoms. The standard InChI is InChI=1S/C10H13N5S2/c1-2-17-7(4-16-1)3-11-9-8-10(13-5-12-8)15-6-14-9/h5-7H,1-4H2,(H2,11,12,13,14,15). The molecule has 17 heavy (non-hydrogen) atoms. The van der Waals surface area contributed by atoms with Crippen molar-refractivity contribution in [2.45, 2.75) is 5.25 Å². The zero-order valence-electron chi connectivity index (χ0n) is 9.22. The number of anilines is 1. The Labute approximate surface area is 108 Å². The van der Waals surface area contributed by atoms with E-state index in [1.165, 1.54) is 17.3 Å². The highest BCUT2D eigenvalue weighted by molar-refractivity contribution is 8.06. The van der Waals surface area contributed by atoms with Gasteiger partial charge in [0.2, 0.25) is 0 Å². The molecular formula is C10H13N5S2. The second-order valence-electron chi connectivity index (χ2n) is 3.77. The Balaban J connectivity index is 1.69. The van der Waals surface area contributed by atoms with E-state index in [9.17, 15) is 0 Å². The molecular weight excluding hydrogens is 254 g/mol. The fourth-order valence-corrected chi connectivity index (χ4v) is 4.38. The molecule has 5 nitrogen and oxygen atoms in total. The molecule has 1 atom stereocenters. The number of nitrogens with one attached hydrogen (secondary N) is 2. The molecule has 0 amide bonds. The zero-order valence-corrected chi connectivity index (χ0v) is 10.9. The molecule has 2 N–H and O–H groups in total. The van der Waals surface area contributed by atoms with Crippen molar-refractivity contribution in [3.05, 3.63) is 12.7 Å². The highest BCUT2D eigenvalue weighted by Gasteiger charge is 2.15. The smallest absolute Gasteiger partial charge is 0.182 e. The maximum Gasteiger partial charge on any atom is 0.182 e. The molecule has 1 aliphatic heterocycles. The molecule has 2 aromatic heterocycles. The predicted octanol–water partition coefficient (Wildman–Crippen LogP) is 1.61. The summed E-state index contributed by atoms with van der Waals surface area (Å²) in [4.78, 5) is 15.5. The third-order valence-electron chi connectivity index (χ3n) is 2.61. The lowest BCUT2D eigenvalue weighted by Gasteiger charge is -2.21. The summed E-state index contributed by atoms with van der Waals surface area (Å²) in [6.45, 7) is 0.947. The Morgan fingerprint density at radius 1 is 1.35 bits per heavy atom. The number of hydrogen-bond acceptors (Lipinski definition) is 6. The minimum Gasteiger partial charge on any atom is -0.367 e. The molecule has 7 heteroatoms. The van der Waals surface area contributed by atoms with E-state index in [4.69, 9.17) is 0 Å². The summed E-state index contributed by atoms with van der Waals surface area (Å²) in [6.07, 6.45) is 3.20. The first-order valence-corrected chi connectivity index (χ1v) is 7.71. The van der Waals surface area contributed by atoms with Crippen LogP contribution in [0.1, 0.15) is 0 Å². The van der Waals surface area contributed by atoms with Crippen molar-refractivity contribution in [3.8, 4) is 0 Å². The van der Waals surface area contributed by atoms with Gasteiger partial charge in [0.1, 0.15) is 11.8 Å². The largest absolute Gasteiger partial charge is 0.367 e. The average Bonchev–Trinajstić information content (AvgIpc) is 2.86. The summed E-state index contributed by atoms with van der Waals surface area (Å²) in [6, 6.07) is 0. The van der Waals surface area contributed by atoms with Gasteiger partial charge in [-0.25, -0.2) is 15.0 Å². The zero-order chi connectivity index (χ0) is 11.5. The molecule has 0 radical (unpaired) electrons. The van der Waals surface area contributed by atoms with Gasteiger partial charge in [0, 0.05) is 29.1 Å². The molecule has 0 aromatic carbocycles. The van der Waals surface area contributed by atoms with E-state index < -0.39 is 0 Å². The second kappa shape index (κ2) is 5.14. The monoisotopic (exact) mass is 267 g/mol. The van der Waals surface area contributed by atoms with Crippen LogP contribution >= 0.6 is 23.5 Å². The number of nitrogens with zero attached hydrogens (tertiary/aromatic N) is 3. The fourth-order valence-electron chi connectivity index (χ4n) is 1.76. The van der Waals surface area contributed by atoms with Crippen LogP contribution in [0.3, 0.4) is 0 Å². The van der Waals surface area contributed by atoms with Gasteiger partial charge in [0.05, 0.1) is 6.33 Å². The van der Waals surface area contributed by atoms with Crippen molar-refractivity contribution in [3.63, 3.8) is 0 Å². The topological polar surface area (TPSA) is 66.5 Å². The Morgan fingerprint density at radius 3 is 3.24 bits per heavy atom. The lowest BCUT2D eigenvalue weighted by Crippen LogP contribution is -2.23. The van der Waals surface area contributed by atoms with Gasteiger partial charge in [0.25, 0.3) is 0 Å². The molecule has 0 bridgehead atoms. The predicted molar refractivity (Wildman–Crippen MR) is 73.7 cm³/mol. The molecule has 1 unspecified atom stereocenters. The van der Waals surface area contributed by atoms with Crippen LogP contribution in [-0.2, 0) is 0 Å². The van der Waals surface area contributed by atoms with E-state index in [2.05, 4.69) is 25.3 Å². The summed E-state index contributed by atoms with van der Waals surface area (Å²) < 4.78 is 0. The first kappa shape index (κ1) is 11.2. The van der Waals surface area contributed by atoms with Crippen molar-refractivity contribution in [1.29, 1.82) is 0 Å². The maximum atomic E-state index is 4.25. The highest BCUT2D eigenvalue weighted by atomic mass is 32.2. The Hall–Kier alpha value is -0.950.